The van der Waals surface area contributed by atoms with Crippen molar-refractivity contribution in [2.75, 3.05) is 31.1 Å². The molecule has 8 heteroatoms. The number of sulfone groups is 1. The smallest absolute Gasteiger partial charge is 0.317 e. The lowest BCUT2D eigenvalue weighted by Gasteiger charge is -2.21. The summed E-state index contributed by atoms with van der Waals surface area (Å²) in [6, 6.07) is -0.385. The molecule has 1 aliphatic heterocycles. The fourth-order valence-electron chi connectivity index (χ4n) is 2.13. The Morgan fingerprint density at radius 1 is 1.30 bits per heavy atom. The molecule has 1 fully saturated rings. The Morgan fingerprint density at radius 2 is 2.00 bits per heavy atom. The topological polar surface area (TPSA) is 104 Å². The largest absolute Gasteiger partial charge is 0.481 e. The van der Waals surface area contributed by atoms with E-state index in [4.69, 9.17) is 5.11 Å². The third-order valence-electron chi connectivity index (χ3n) is 3.33. The third kappa shape index (κ3) is 5.36. The zero-order valence-electron chi connectivity index (χ0n) is 11.7. The van der Waals surface area contributed by atoms with Crippen LogP contribution in [0.15, 0.2) is 0 Å². The molecule has 1 rings (SSSR count). The van der Waals surface area contributed by atoms with Crippen molar-refractivity contribution in [3.8, 4) is 0 Å². The van der Waals surface area contributed by atoms with Crippen LogP contribution in [0.4, 0.5) is 4.79 Å². The SMILES string of the molecule is CCCC(CNC(=O)N1CCCS(=O)(=O)CC1)C(=O)O. The van der Waals surface area contributed by atoms with Crippen LogP contribution < -0.4 is 5.32 Å². The average molecular weight is 306 g/mol. The van der Waals surface area contributed by atoms with Crippen molar-refractivity contribution in [3.63, 3.8) is 0 Å². The van der Waals surface area contributed by atoms with Crippen LogP contribution in [-0.2, 0) is 14.6 Å². The van der Waals surface area contributed by atoms with Crippen LogP contribution in [0.1, 0.15) is 26.2 Å². The number of amides is 2. The number of carbonyl (C=O) groups is 2. The lowest BCUT2D eigenvalue weighted by Crippen LogP contribution is -2.44. The number of hydrogen-bond donors (Lipinski definition) is 2. The highest BCUT2D eigenvalue weighted by Gasteiger charge is 2.24. The van der Waals surface area contributed by atoms with Crippen LogP contribution in [0.2, 0.25) is 0 Å². The van der Waals surface area contributed by atoms with Gasteiger partial charge in [0.2, 0.25) is 0 Å². The predicted octanol–water partition coefficient (Wildman–Crippen LogP) is 0.317. The molecule has 2 N–H and O–H groups in total. The van der Waals surface area contributed by atoms with Gasteiger partial charge in [-0.2, -0.15) is 0 Å². The predicted molar refractivity (Wildman–Crippen MR) is 74.3 cm³/mol. The van der Waals surface area contributed by atoms with Crippen molar-refractivity contribution in [2.45, 2.75) is 26.2 Å². The molecule has 7 nitrogen and oxygen atoms in total. The first-order chi connectivity index (χ1) is 9.35. The lowest BCUT2D eigenvalue weighted by atomic mass is 10.0. The van der Waals surface area contributed by atoms with E-state index in [1.54, 1.807) is 0 Å². The molecule has 0 radical (unpaired) electrons. The number of rotatable bonds is 5. The molecular weight excluding hydrogens is 284 g/mol. The van der Waals surface area contributed by atoms with Crippen LogP contribution >= 0.6 is 0 Å². The summed E-state index contributed by atoms with van der Waals surface area (Å²) in [5.74, 6) is -1.45. The van der Waals surface area contributed by atoms with Gasteiger partial charge < -0.3 is 15.3 Å². The first kappa shape index (κ1) is 16.7. The van der Waals surface area contributed by atoms with Gasteiger partial charge in [0, 0.05) is 19.6 Å². The summed E-state index contributed by atoms with van der Waals surface area (Å²) >= 11 is 0. The number of carboxylic acid groups (broad SMARTS) is 1. The maximum absolute atomic E-state index is 11.9. The summed E-state index contributed by atoms with van der Waals surface area (Å²) in [4.78, 5) is 24.3. The second-order valence-electron chi connectivity index (χ2n) is 5.00. The van der Waals surface area contributed by atoms with E-state index in [0.717, 1.165) is 6.42 Å². The van der Waals surface area contributed by atoms with Crippen molar-refractivity contribution >= 4 is 21.8 Å². The van der Waals surface area contributed by atoms with Crippen LogP contribution in [0.25, 0.3) is 0 Å². The van der Waals surface area contributed by atoms with E-state index in [1.165, 1.54) is 4.90 Å². The highest BCUT2D eigenvalue weighted by Crippen LogP contribution is 2.07. The van der Waals surface area contributed by atoms with Crippen molar-refractivity contribution in [1.29, 1.82) is 0 Å². The molecule has 0 aromatic carbocycles. The summed E-state index contributed by atoms with van der Waals surface area (Å²) < 4.78 is 22.9. The van der Waals surface area contributed by atoms with Crippen molar-refractivity contribution in [2.24, 2.45) is 5.92 Å². The molecule has 2 amide bonds. The highest BCUT2D eigenvalue weighted by molar-refractivity contribution is 7.91. The van der Waals surface area contributed by atoms with Crippen LogP contribution in [0.5, 0.6) is 0 Å². The number of urea groups is 1. The van der Waals surface area contributed by atoms with E-state index in [-0.39, 0.29) is 30.6 Å². The fourth-order valence-corrected chi connectivity index (χ4v) is 3.40. The quantitative estimate of drug-likeness (QED) is 0.761. The minimum absolute atomic E-state index is 0.0300. The van der Waals surface area contributed by atoms with Gasteiger partial charge >= 0.3 is 12.0 Å². The van der Waals surface area contributed by atoms with Gasteiger partial charge in [-0.25, -0.2) is 13.2 Å². The Kier molecular flexibility index (Phi) is 6.25. The van der Waals surface area contributed by atoms with E-state index >= 15 is 0 Å². The van der Waals surface area contributed by atoms with Crippen LogP contribution in [0.3, 0.4) is 0 Å². The highest BCUT2D eigenvalue weighted by atomic mass is 32.2. The summed E-state index contributed by atoms with van der Waals surface area (Å²) in [5.41, 5.74) is 0. The molecule has 1 atom stereocenters. The Balaban J connectivity index is 2.47. The van der Waals surface area contributed by atoms with Gasteiger partial charge in [-0.15, -0.1) is 0 Å². The molecule has 1 unspecified atom stereocenters. The van der Waals surface area contributed by atoms with Crippen LogP contribution in [0, 0.1) is 5.92 Å². The zero-order chi connectivity index (χ0) is 15.2. The Labute approximate surface area is 119 Å². The Morgan fingerprint density at radius 3 is 2.60 bits per heavy atom. The molecular formula is C12H22N2O5S. The second-order valence-corrected chi connectivity index (χ2v) is 7.31. The molecule has 116 valence electrons. The number of nitrogens with zero attached hydrogens (tertiary/aromatic N) is 1. The molecule has 0 aliphatic carbocycles. The van der Waals surface area contributed by atoms with Crippen molar-refractivity contribution < 1.29 is 23.1 Å². The van der Waals surface area contributed by atoms with Crippen molar-refractivity contribution in [3.05, 3.63) is 0 Å². The molecule has 0 saturated carbocycles. The van der Waals surface area contributed by atoms with E-state index in [1.807, 2.05) is 6.92 Å². The van der Waals surface area contributed by atoms with Gasteiger partial charge in [0.15, 0.2) is 9.84 Å². The van der Waals surface area contributed by atoms with E-state index in [2.05, 4.69) is 5.32 Å². The van der Waals surface area contributed by atoms with Crippen molar-refractivity contribution in [1.82, 2.24) is 10.2 Å². The monoisotopic (exact) mass is 306 g/mol. The zero-order valence-corrected chi connectivity index (χ0v) is 12.5. The van der Waals surface area contributed by atoms with Crippen LogP contribution in [-0.4, -0.2) is 61.6 Å². The van der Waals surface area contributed by atoms with Gasteiger partial charge in [0.1, 0.15) is 0 Å². The molecule has 0 aromatic rings. The summed E-state index contributed by atoms with van der Waals surface area (Å²) in [7, 11) is -3.05. The lowest BCUT2D eigenvalue weighted by molar-refractivity contribution is -0.141. The number of hydrogen-bond acceptors (Lipinski definition) is 4. The molecule has 0 aromatic heterocycles. The second kappa shape index (κ2) is 7.47. The van der Waals surface area contributed by atoms with Gasteiger partial charge in [-0.05, 0) is 12.8 Å². The molecule has 0 bridgehead atoms. The molecule has 1 aliphatic rings. The van der Waals surface area contributed by atoms with E-state index in [0.29, 0.717) is 19.4 Å². The summed E-state index contributed by atoms with van der Waals surface area (Å²) in [6.45, 7) is 2.51. The maximum Gasteiger partial charge on any atom is 0.317 e. The standard InChI is InChI=1S/C12H22N2O5S/c1-2-4-10(11(15)16)9-13-12(17)14-5-3-7-20(18,19)8-6-14/h10H,2-9H2,1H3,(H,13,17)(H,15,16). The number of carbonyl (C=O) groups excluding carboxylic acids is 1. The first-order valence-electron chi connectivity index (χ1n) is 6.81. The number of carboxylic acids is 1. The molecule has 0 spiro atoms. The molecule has 20 heavy (non-hydrogen) atoms. The fraction of sp³-hybridized carbons (Fsp3) is 0.833. The maximum atomic E-state index is 11.9. The number of aliphatic carboxylic acids is 1. The normalized spacial score (nSPS) is 19.9. The van der Waals surface area contributed by atoms with E-state index < -0.39 is 21.7 Å². The third-order valence-corrected chi connectivity index (χ3v) is 5.04. The minimum Gasteiger partial charge on any atom is -0.481 e. The van der Waals surface area contributed by atoms with Gasteiger partial charge in [-0.3, -0.25) is 4.79 Å². The van der Waals surface area contributed by atoms with Gasteiger partial charge in [-0.1, -0.05) is 13.3 Å². The minimum atomic E-state index is -3.05. The Hall–Kier alpha value is -1.31. The Bertz CT molecular complexity index is 449. The summed E-state index contributed by atoms with van der Waals surface area (Å²) in [5, 5.41) is 11.6. The van der Waals surface area contributed by atoms with E-state index in [9.17, 15) is 18.0 Å². The molecule has 1 heterocycles. The summed E-state index contributed by atoms with van der Waals surface area (Å²) in [6.07, 6.45) is 1.66. The average Bonchev–Trinajstić information content (AvgIpc) is 2.54. The van der Waals surface area contributed by atoms with Gasteiger partial charge in [0.25, 0.3) is 0 Å². The molecule has 1 saturated heterocycles. The van der Waals surface area contributed by atoms with Gasteiger partial charge in [0.05, 0.1) is 17.4 Å². The number of nitrogens with one attached hydrogen (secondary N) is 1. The first-order valence-corrected chi connectivity index (χ1v) is 8.64.